The van der Waals surface area contributed by atoms with Crippen LogP contribution in [0.2, 0.25) is 0 Å². The first-order valence-electron chi connectivity index (χ1n) is 13.9. The third kappa shape index (κ3) is 8.42. The molecule has 4 rings (SSSR count). The van der Waals surface area contributed by atoms with E-state index in [0.29, 0.717) is 45.0 Å². The van der Waals surface area contributed by atoms with Gasteiger partial charge in [0.05, 0.1) is 34.2 Å². The smallest absolute Gasteiger partial charge is 0.251 e. The van der Waals surface area contributed by atoms with Crippen LogP contribution in [0.3, 0.4) is 0 Å². The molecule has 1 atom stereocenters. The molecule has 1 unspecified atom stereocenters. The zero-order valence-corrected chi connectivity index (χ0v) is 26.7. The third-order valence-electron chi connectivity index (χ3n) is 6.79. The molecule has 4 aromatic rings. The number of carbonyl (C=O) groups excluding carboxylic acids is 2. The summed E-state index contributed by atoms with van der Waals surface area (Å²) in [5.41, 5.74) is 3.06. The van der Waals surface area contributed by atoms with Crippen molar-refractivity contribution in [3.8, 4) is 23.0 Å². The lowest BCUT2D eigenvalue weighted by Crippen LogP contribution is -2.42. The normalized spacial score (nSPS) is 11.4. The standard InChI is InChI=1S/C33H35FN4O6S/c1-20-15-21(2)36-33(35-20)45-19-29(39)38(18-22-7-9-24(34)10-8-22)30(32(40)37-25-11-13-26(41-3)14-12-25)23-16-27(42-4)31(44-6)28(17-23)43-5/h7-17,30H,18-19H2,1-6H3,(H,37,40). The van der Waals surface area contributed by atoms with E-state index in [1.807, 2.05) is 19.9 Å². The molecule has 0 bridgehead atoms. The Morgan fingerprint density at radius 3 is 1.98 bits per heavy atom. The van der Waals surface area contributed by atoms with E-state index in [4.69, 9.17) is 18.9 Å². The van der Waals surface area contributed by atoms with Crippen molar-refractivity contribution in [3.05, 3.63) is 95.1 Å². The number of aromatic nitrogens is 2. The van der Waals surface area contributed by atoms with Gasteiger partial charge in [0, 0.05) is 23.6 Å². The van der Waals surface area contributed by atoms with Crippen molar-refractivity contribution in [1.82, 2.24) is 14.9 Å². The van der Waals surface area contributed by atoms with Gasteiger partial charge in [-0.3, -0.25) is 9.59 Å². The third-order valence-corrected chi connectivity index (χ3v) is 7.63. The van der Waals surface area contributed by atoms with Crippen LogP contribution in [0.4, 0.5) is 10.1 Å². The SMILES string of the molecule is COc1ccc(NC(=O)C(c2cc(OC)c(OC)c(OC)c2)N(Cc2ccc(F)cc2)C(=O)CSc2nc(C)cc(C)n2)cc1. The Hall–Kier alpha value is -4.84. The lowest BCUT2D eigenvalue weighted by molar-refractivity contribution is -0.137. The van der Waals surface area contributed by atoms with Crippen molar-refractivity contribution in [2.24, 2.45) is 0 Å². The van der Waals surface area contributed by atoms with Crippen molar-refractivity contribution in [1.29, 1.82) is 0 Å². The van der Waals surface area contributed by atoms with Gasteiger partial charge in [0.25, 0.3) is 5.91 Å². The predicted octanol–water partition coefficient (Wildman–Crippen LogP) is 5.77. The summed E-state index contributed by atoms with van der Waals surface area (Å²) in [6, 6.07) is 16.5. The first-order valence-corrected chi connectivity index (χ1v) is 14.9. The number of carbonyl (C=O) groups is 2. The molecule has 0 radical (unpaired) electrons. The van der Waals surface area contributed by atoms with E-state index in [1.165, 1.54) is 38.4 Å². The van der Waals surface area contributed by atoms with Gasteiger partial charge in [-0.05, 0) is 79.6 Å². The lowest BCUT2D eigenvalue weighted by atomic mass is 10.0. The van der Waals surface area contributed by atoms with Crippen LogP contribution in [0, 0.1) is 19.7 Å². The van der Waals surface area contributed by atoms with E-state index in [9.17, 15) is 14.0 Å². The molecule has 1 N–H and O–H groups in total. The number of amides is 2. The molecule has 0 saturated carbocycles. The maximum Gasteiger partial charge on any atom is 0.251 e. The topological polar surface area (TPSA) is 112 Å². The molecular weight excluding hydrogens is 599 g/mol. The number of anilines is 1. The average Bonchev–Trinajstić information content (AvgIpc) is 3.03. The highest BCUT2D eigenvalue weighted by Crippen LogP contribution is 2.41. The van der Waals surface area contributed by atoms with Gasteiger partial charge in [0.15, 0.2) is 16.7 Å². The minimum atomic E-state index is -1.18. The molecule has 1 heterocycles. The van der Waals surface area contributed by atoms with E-state index in [2.05, 4.69) is 15.3 Å². The van der Waals surface area contributed by atoms with Gasteiger partial charge in [0.2, 0.25) is 11.7 Å². The van der Waals surface area contributed by atoms with Crippen LogP contribution >= 0.6 is 11.8 Å². The van der Waals surface area contributed by atoms with E-state index >= 15 is 0 Å². The number of hydrogen-bond acceptors (Lipinski definition) is 9. The fourth-order valence-electron chi connectivity index (χ4n) is 4.69. The Kier molecular flexibility index (Phi) is 11.2. The molecule has 0 spiro atoms. The molecular formula is C33H35FN4O6S. The quantitative estimate of drug-likeness (QED) is 0.145. The second-order valence-corrected chi connectivity index (χ2v) is 10.9. The number of benzene rings is 3. The van der Waals surface area contributed by atoms with Gasteiger partial charge in [-0.15, -0.1) is 0 Å². The molecule has 1 aromatic heterocycles. The zero-order valence-electron chi connectivity index (χ0n) is 25.9. The van der Waals surface area contributed by atoms with Crippen LogP contribution in [0.15, 0.2) is 71.9 Å². The largest absolute Gasteiger partial charge is 0.497 e. The monoisotopic (exact) mass is 634 g/mol. The molecule has 236 valence electrons. The summed E-state index contributed by atoms with van der Waals surface area (Å²) in [4.78, 5) is 38.7. The van der Waals surface area contributed by atoms with Crippen molar-refractivity contribution in [2.45, 2.75) is 31.6 Å². The zero-order chi connectivity index (χ0) is 32.5. The fraction of sp³-hybridized carbons (Fsp3) is 0.273. The van der Waals surface area contributed by atoms with Crippen LogP contribution in [-0.2, 0) is 16.1 Å². The van der Waals surface area contributed by atoms with Crippen LogP contribution in [-0.4, -0.2) is 60.9 Å². The van der Waals surface area contributed by atoms with Crippen molar-refractivity contribution in [3.63, 3.8) is 0 Å². The number of methoxy groups -OCH3 is 4. The number of ether oxygens (including phenoxy) is 4. The van der Waals surface area contributed by atoms with Gasteiger partial charge in [-0.1, -0.05) is 23.9 Å². The van der Waals surface area contributed by atoms with E-state index in [0.717, 1.165) is 23.1 Å². The van der Waals surface area contributed by atoms with Crippen molar-refractivity contribution < 1.29 is 32.9 Å². The Labute approximate surface area is 265 Å². The second-order valence-electron chi connectivity index (χ2n) is 9.95. The summed E-state index contributed by atoms with van der Waals surface area (Å²) in [5, 5.41) is 3.36. The molecule has 12 heteroatoms. The molecule has 0 aliphatic rings. The van der Waals surface area contributed by atoms with Crippen LogP contribution in [0.5, 0.6) is 23.0 Å². The summed E-state index contributed by atoms with van der Waals surface area (Å²) in [7, 11) is 5.96. The molecule has 0 aliphatic heterocycles. The number of rotatable bonds is 13. The maximum atomic E-state index is 14.2. The van der Waals surface area contributed by atoms with Gasteiger partial charge in [-0.2, -0.15) is 0 Å². The van der Waals surface area contributed by atoms with E-state index in [1.54, 1.807) is 55.6 Å². The Bertz CT molecular complexity index is 1590. The molecule has 0 fully saturated rings. The van der Waals surface area contributed by atoms with Crippen LogP contribution in [0.1, 0.15) is 28.6 Å². The molecule has 10 nitrogen and oxygen atoms in total. The molecule has 2 amide bonds. The fourth-order valence-corrected chi connectivity index (χ4v) is 5.53. The summed E-state index contributed by atoms with van der Waals surface area (Å²) >= 11 is 1.16. The lowest BCUT2D eigenvalue weighted by Gasteiger charge is -2.32. The van der Waals surface area contributed by atoms with Crippen molar-refractivity contribution >= 4 is 29.3 Å². The number of nitrogens with zero attached hydrogens (tertiary/aromatic N) is 3. The molecule has 45 heavy (non-hydrogen) atoms. The van der Waals surface area contributed by atoms with Crippen molar-refractivity contribution in [2.75, 3.05) is 39.5 Å². The highest BCUT2D eigenvalue weighted by atomic mass is 32.2. The van der Waals surface area contributed by atoms with Gasteiger partial charge >= 0.3 is 0 Å². The summed E-state index contributed by atoms with van der Waals surface area (Å²) < 4.78 is 35.7. The number of aryl methyl sites for hydroxylation is 2. The molecule has 3 aromatic carbocycles. The summed E-state index contributed by atoms with van der Waals surface area (Å²) in [6.07, 6.45) is 0. The van der Waals surface area contributed by atoms with E-state index in [-0.39, 0.29) is 18.2 Å². The number of nitrogens with one attached hydrogen (secondary N) is 1. The Morgan fingerprint density at radius 2 is 1.44 bits per heavy atom. The number of halogens is 1. The van der Waals surface area contributed by atoms with Crippen LogP contribution in [0.25, 0.3) is 0 Å². The summed E-state index contributed by atoms with van der Waals surface area (Å²) in [5.74, 6) is 0.194. The first kappa shape index (κ1) is 33.1. The Morgan fingerprint density at radius 1 is 0.844 bits per heavy atom. The van der Waals surface area contributed by atoms with Gasteiger partial charge in [0.1, 0.15) is 17.6 Å². The average molecular weight is 635 g/mol. The molecule has 0 saturated heterocycles. The highest BCUT2D eigenvalue weighted by molar-refractivity contribution is 7.99. The molecule has 0 aliphatic carbocycles. The second kappa shape index (κ2) is 15.2. The van der Waals surface area contributed by atoms with Crippen LogP contribution < -0.4 is 24.3 Å². The number of thioether (sulfide) groups is 1. The number of hydrogen-bond donors (Lipinski definition) is 1. The van der Waals surface area contributed by atoms with Gasteiger partial charge in [-0.25, -0.2) is 14.4 Å². The maximum absolute atomic E-state index is 14.2. The minimum Gasteiger partial charge on any atom is -0.497 e. The summed E-state index contributed by atoms with van der Waals surface area (Å²) in [6.45, 7) is 3.70. The Balaban J connectivity index is 1.81. The first-order chi connectivity index (χ1) is 21.6. The van der Waals surface area contributed by atoms with Gasteiger partial charge < -0.3 is 29.2 Å². The predicted molar refractivity (Wildman–Crippen MR) is 170 cm³/mol. The van der Waals surface area contributed by atoms with E-state index < -0.39 is 17.8 Å². The highest BCUT2D eigenvalue weighted by Gasteiger charge is 2.34. The minimum absolute atomic E-state index is 0.00919.